The molecule has 0 aliphatic carbocycles. The molecule has 0 bridgehead atoms. The van der Waals surface area contributed by atoms with Crippen LogP contribution >= 0.6 is 0 Å². The van der Waals surface area contributed by atoms with Gasteiger partial charge in [-0.05, 0) is 19.3 Å². The van der Waals surface area contributed by atoms with E-state index < -0.39 is 11.6 Å². The summed E-state index contributed by atoms with van der Waals surface area (Å²) in [6.45, 7) is 5.66. The summed E-state index contributed by atoms with van der Waals surface area (Å²) in [5, 5.41) is 4.95. The molecule has 0 saturated carbocycles. The molecule has 3 amide bonds. The quantitative estimate of drug-likeness (QED) is 0.287. The Hall–Kier alpha value is -1.14. The van der Waals surface area contributed by atoms with Gasteiger partial charge in [0.1, 0.15) is 5.54 Å². The SMILES string of the molecule is CC(CC1(C(C)C)NC(=O)NC1=O)NN. The summed E-state index contributed by atoms with van der Waals surface area (Å²) in [5.41, 5.74) is 1.73. The Morgan fingerprint density at radius 2 is 2.00 bits per heavy atom. The molecule has 2 unspecified atom stereocenters. The number of rotatable bonds is 4. The van der Waals surface area contributed by atoms with Crippen molar-refractivity contribution < 1.29 is 9.59 Å². The minimum absolute atomic E-state index is 0.0137. The number of hydrazine groups is 1. The van der Waals surface area contributed by atoms with Gasteiger partial charge in [0.25, 0.3) is 5.91 Å². The van der Waals surface area contributed by atoms with Gasteiger partial charge < -0.3 is 5.32 Å². The lowest BCUT2D eigenvalue weighted by atomic mass is 9.81. The van der Waals surface area contributed by atoms with Gasteiger partial charge >= 0.3 is 6.03 Å². The lowest BCUT2D eigenvalue weighted by molar-refractivity contribution is -0.126. The van der Waals surface area contributed by atoms with Crippen LogP contribution in [0.2, 0.25) is 0 Å². The molecule has 0 aromatic carbocycles. The molecule has 0 aromatic heterocycles. The van der Waals surface area contributed by atoms with Crippen molar-refractivity contribution in [3.8, 4) is 0 Å². The molecule has 1 aliphatic heterocycles. The van der Waals surface area contributed by atoms with E-state index in [-0.39, 0.29) is 17.9 Å². The number of amides is 3. The lowest BCUT2D eigenvalue weighted by Crippen LogP contribution is -2.55. The van der Waals surface area contributed by atoms with Gasteiger partial charge in [0.2, 0.25) is 0 Å². The standard InChI is InChI=1S/C9H18N4O2/c1-5(2)9(4-6(3)13-10)7(14)11-8(15)12-9/h5-6,13H,4,10H2,1-3H3,(H2,11,12,14,15). The maximum absolute atomic E-state index is 11.7. The third-order valence-corrected chi connectivity index (χ3v) is 2.87. The van der Waals surface area contributed by atoms with Crippen molar-refractivity contribution >= 4 is 11.9 Å². The molecular formula is C9H18N4O2. The smallest absolute Gasteiger partial charge is 0.322 e. The van der Waals surface area contributed by atoms with Crippen LogP contribution in [0.25, 0.3) is 0 Å². The van der Waals surface area contributed by atoms with E-state index in [0.717, 1.165) is 0 Å². The summed E-state index contributed by atoms with van der Waals surface area (Å²) in [6, 6.07) is -0.477. The zero-order valence-electron chi connectivity index (χ0n) is 9.26. The van der Waals surface area contributed by atoms with E-state index in [1.54, 1.807) is 0 Å². The van der Waals surface area contributed by atoms with Crippen molar-refractivity contribution in [2.75, 3.05) is 0 Å². The molecule has 0 aromatic rings. The normalized spacial score (nSPS) is 27.8. The van der Waals surface area contributed by atoms with Gasteiger partial charge in [0, 0.05) is 6.04 Å². The maximum Gasteiger partial charge on any atom is 0.322 e. The first-order valence-electron chi connectivity index (χ1n) is 5.02. The Morgan fingerprint density at radius 3 is 2.33 bits per heavy atom. The molecule has 5 N–H and O–H groups in total. The van der Waals surface area contributed by atoms with Gasteiger partial charge in [-0.15, -0.1) is 0 Å². The Bertz CT molecular complexity index is 279. The lowest BCUT2D eigenvalue weighted by Gasteiger charge is -2.32. The predicted molar refractivity (Wildman–Crippen MR) is 55.6 cm³/mol. The Labute approximate surface area is 88.9 Å². The van der Waals surface area contributed by atoms with E-state index in [0.29, 0.717) is 6.42 Å². The number of nitrogens with one attached hydrogen (secondary N) is 3. The summed E-state index contributed by atoms with van der Waals surface area (Å²) in [7, 11) is 0. The fraction of sp³-hybridized carbons (Fsp3) is 0.778. The first kappa shape index (κ1) is 11.9. The maximum atomic E-state index is 11.7. The van der Waals surface area contributed by atoms with Crippen molar-refractivity contribution in [1.82, 2.24) is 16.1 Å². The zero-order valence-corrected chi connectivity index (χ0v) is 9.26. The van der Waals surface area contributed by atoms with Crippen LogP contribution in [0, 0.1) is 5.92 Å². The van der Waals surface area contributed by atoms with Crippen LogP contribution in [-0.2, 0) is 4.79 Å². The van der Waals surface area contributed by atoms with Gasteiger partial charge in [-0.2, -0.15) is 0 Å². The Morgan fingerprint density at radius 1 is 1.40 bits per heavy atom. The van der Waals surface area contributed by atoms with Gasteiger partial charge in [-0.1, -0.05) is 13.8 Å². The molecular weight excluding hydrogens is 196 g/mol. The van der Waals surface area contributed by atoms with Crippen LogP contribution < -0.4 is 21.9 Å². The van der Waals surface area contributed by atoms with E-state index >= 15 is 0 Å². The third-order valence-electron chi connectivity index (χ3n) is 2.87. The number of nitrogens with two attached hydrogens (primary N) is 1. The van der Waals surface area contributed by atoms with E-state index in [2.05, 4.69) is 16.1 Å². The van der Waals surface area contributed by atoms with E-state index in [9.17, 15) is 9.59 Å². The van der Waals surface area contributed by atoms with Crippen molar-refractivity contribution in [3.05, 3.63) is 0 Å². The fourth-order valence-electron chi connectivity index (χ4n) is 1.83. The highest BCUT2D eigenvalue weighted by Crippen LogP contribution is 2.26. The van der Waals surface area contributed by atoms with E-state index in [4.69, 9.17) is 5.84 Å². The summed E-state index contributed by atoms with van der Waals surface area (Å²) >= 11 is 0. The van der Waals surface area contributed by atoms with Crippen LogP contribution in [-0.4, -0.2) is 23.5 Å². The molecule has 15 heavy (non-hydrogen) atoms. The van der Waals surface area contributed by atoms with Crippen LogP contribution in [0.4, 0.5) is 4.79 Å². The molecule has 1 rings (SSSR count). The molecule has 0 radical (unpaired) electrons. The summed E-state index contributed by atoms with van der Waals surface area (Å²) in [5.74, 6) is 5.04. The van der Waals surface area contributed by atoms with Crippen molar-refractivity contribution in [3.63, 3.8) is 0 Å². The molecule has 1 saturated heterocycles. The second-order valence-electron chi connectivity index (χ2n) is 4.31. The van der Waals surface area contributed by atoms with Crippen LogP contribution in [0.15, 0.2) is 0 Å². The summed E-state index contributed by atoms with van der Waals surface area (Å²) in [6.07, 6.45) is 0.471. The molecule has 6 heteroatoms. The largest absolute Gasteiger partial charge is 0.323 e. The van der Waals surface area contributed by atoms with Crippen molar-refractivity contribution in [1.29, 1.82) is 0 Å². The molecule has 0 spiro atoms. The second kappa shape index (κ2) is 4.16. The Balaban J connectivity index is 2.89. The van der Waals surface area contributed by atoms with Gasteiger partial charge in [0.15, 0.2) is 0 Å². The van der Waals surface area contributed by atoms with Gasteiger partial charge in [0.05, 0.1) is 0 Å². The number of hydrogen-bond donors (Lipinski definition) is 4. The summed E-state index contributed by atoms with van der Waals surface area (Å²) < 4.78 is 0. The molecule has 1 fully saturated rings. The molecule has 1 aliphatic rings. The highest BCUT2D eigenvalue weighted by molar-refractivity contribution is 6.07. The zero-order chi connectivity index (χ0) is 11.6. The first-order valence-corrected chi connectivity index (χ1v) is 5.02. The van der Waals surface area contributed by atoms with Crippen LogP contribution in [0.5, 0.6) is 0 Å². The van der Waals surface area contributed by atoms with E-state index in [1.165, 1.54) is 0 Å². The third kappa shape index (κ3) is 2.10. The monoisotopic (exact) mass is 214 g/mol. The second-order valence-corrected chi connectivity index (χ2v) is 4.31. The molecule has 1 heterocycles. The highest BCUT2D eigenvalue weighted by Gasteiger charge is 2.48. The van der Waals surface area contributed by atoms with E-state index in [1.807, 2.05) is 20.8 Å². The van der Waals surface area contributed by atoms with Gasteiger partial charge in [-0.25, -0.2) is 4.79 Å². The average molecular weight is 214 g/mol. The van der Waals surface area contributed by atoms with Crippen molar-refractivity contribution in [2.24, 2.45) is 11.8 Å². The van der Waals surface area contributed by atoms with Gasteiger partial charge in [-0.3, -0.25) is 21.4 Å². The fourth-order valence-corrected chi connectivity index (χ4v) is 1.83. The summed E-state index contributed by atoms with van der Waals surface area (Å²) in [4.78, 5) is 22.9. The number of imide groups is 1. The number of carbonyl (C=O) groups is 2. The minimum Gasteiger partial charge on any atom is -0.323 e. The number of urea groups is 1. The first-order chi connectivity index (χ1) is 6.92. The van der Waals surface area contributed by atoms with Crippen molar-refractivity contribution in [2.45, 2.75) is 38.8 Å². The Kier molecular flexibility index (Phi) is 3.31. The minimum atomic E-state index is -0.844. The highest BCUT2D eigenvalue weighted by atomic mass is 16.2. The topological polar surface area (TPSA) is 96.2 Å². The predicted octanol–water partition coefficient (Wildman–Crippen LogP) is -0.537. The number of hydrogen-bond acceptors (Lipinski definition) is 4. The molecule has 86 valence electrons. The average Bonchev–Trinajstić information content (AvgIpc) is 2.42. The van der Waals surface area contributed by atoms with Crippen LogP contribution in [0.3, 0.4) is 0 Å². The number of carbonyl (C=O) groups excluding carboxylic acids is 2. The molecule has 6 nitrogen and oxygen atoms in total. The van der Waals surface area contributed by atoms with Crippen LogP contribution in [0.1, 0.15) is 27.2 Å². The molecule has 2 atom stereocenters.